The van der Waals surface area contributed by atoms with Gasteiger partial charge in [-0.3, -0.25) is 0 Å². The van der Waals surface area contributed by atoms with Gasteiger partial charge in [0.25, 0.3) is 0 Å². The largest absolute Gasteiger partial charge is 0.501 e. The van der Waals surface area contributed by atoms with Crippen LogP contribution in [0.3, 0.4) is 0 Å². The molecule has 82 valence electrons. The molecule has 0 amide bonds. The van der Waals surface area contributed by atoms with Gasteiger partial charge in [0.05, 0.1) is 20.9 Å². The maximum Gasteiger partial charge on any atom is 0.0923 e. The van der Waals surface area contributed by atoms with E-state index in [0.717, 1.165) is 5.76 Å². The van der Waals surface area contributed by atoms with Crippen LogP contribution in [0.2, 0.25) is 19.6 Å². The molecule has 0 saturated heterocycles. The Kier molecular flexibility index (Phi) is 5.85. The molecular weight excluding hydrogens is 188 g/mol. The molecule has 0 saturated carbocycles. The lowest BCUT2D eigenvalue weighted by atomic mass is 10.3. The van der Waals surface area contributed by atoms with E-state index < -0.39 is 8.07 Å². The summed E-state index contributed by atoms with van der Waals surface area (Å²) >= 11 is 0. The zero-order valence-corrected chi connectivity index (χ0v) is 11.5. The first-order chi connectivity index (χ1) is 6.41. The molecule has 1 nitrogen and oxygen atoms in total. The second kappa shape index (κ2) is 6.07. The standard InChI is InChI=1S/C12H24OSi/c1-7-8-9-12(14(4,5)6)10-11(2)13-3/h9-10H,7-8H2,1-6H3/b11-10+,12-9-. The van der Waals surface area contributed by atoms with E-state index in [-0.39, 0.29) is 0 Å². The Morgan fingerprint density at radius 3 is 2.21 bits per heavy atom. The molecule has 0 aliphatic carbocycles. The molecule has 0 radical (unpaired) electrons. The first-order valence-corrected chi connectivity index (χ1v) is 8.84. The topological polar surface area (TPSA) is 9.23 Å². The third-order valence-electron chi connectivity index (χ3n) is 2.20. The van der Waals surface area contributed by atoms with Crippen LogP contribution < -0.4 is 0 Å². The first kappa shape index (κ1) is 13.5. The van der Waals surface area contributed by atoms with Gasteiger partial charge in [-0.25, -0.2) is 0 Å². The normalized spacial score (nSPS) is 14.4. The van der Waals surface area contributed by atoms with Crippen molar-refractivity contribution in [2.75, 3.05) is 7.11 Å². The van der Waals surface area contributed by atoms with E-state index in [0.29, 0.717) is 0 Å². The summed E-state index contributed by atoms with van der Waals surface area (Å²) in [7, 11) is 0.531. The van der Waals surface area contributed by atoms with Crippen LogP contribution in [0, 0.1) is 0 Å². The smallest absolute Gasteiger partial charge is 0.0923 e. The maximum atomic E-state index is 5.20. The summed E-state index contributed by atoms with van der Waals surface area (Å²) in [6.45, 7) is 11.3. The minimum absolute atomic E-state index is 1.01. The summed E-state index contributed by atoms with van der Waals surface area (Å²) in [6, 6.07) is 0. The lowest BCUT2D eigenvalue weighted by Crippen LogP contribution is -2.23. The molecule has 0 aliphatic rings. The molecule has 0 N–H and O–H groups in total. The molecule has 0 bridgehead atoms. The van der Waals surface area contributed by atoms with Gasteiger partial charge >= 0.3 is 0 Å². The highest BCUT2D eigenvalue weighted by Gasteiger charge is 2.17. The van der Waals surface area contributed by atoms with E-state index in [1.807, 2.05) is 6.92 Å². The average Bonchev–Trinajstić information content (AvgIpc) is 2.09. The Morgan fingerprint density at radius 2 is 1.86 bits per heavy atom. The molecule has 2 heteroatoms. The third-order valence-corrected chi connectivity index (χ3v) is 4.28. The molecule has 0 aromatic heterocycles. The van der Waals surface area contributed by atoms with Crippen LogP contribution in [0.4, 0.5) is 0 Å². The molecule has 0 atom stereocenters. The van der Waals surface area contributed by atoms with Crippen molar-refractivity contribution in [3.8, 4) is 0 Å². The zero-order chi connectivity index (χ0) is 11.2. The van der Waals surface area contributed by atoms with Crippen LogP contribution in [0.1, 0.15) is 26.7 Å². The molecule has 0 aliphatic heterocycles. The van der Waals surface area contributed by atoms with Gasteiger partial charge in [0.15, 0.2) is 0 Å². The molecule has 0 rings (SSSR count). The number of unbranched alkanes of at least 4 members (excludes halogenated alkanes) is 1. The van der Waals surface area contributed by atoms with Crippen LogP contribution in [0.15, 0.2) is 23.1 Å². The van der Waals surface area contributed by atoms with Crippen molar-refractivity contribution in [3.63, 3.8) is 0 Å². The van der Waals surface area contributed by atoms with Crippen molar-refractivity contribution in [1.82, 2.24) is 0 Å². The first-order valence-electron chi connectivity index (χ1n) is 5.34. The lowest BCUT2D eigenvalue weighted by Gasteiger charge is -2.18. The molecule has 14 heavy (non-hydrogen) atoms. The predicted octanol–water partition coefficient (Wildman–Crippen LogP) is 4.14. The summed E-state index contributed by atoms with van der Waals surface area (Å²) in [5.74, 6) is 1.01. The number of hydrogen-bond acceptors (Lipinski definition) is 1. The highest BCUT2D eigenvalue weighted by Crippen LogP contribution is 2.18. The Labute approximate surface area is 89.9 Å². The van der Waals surface area contributed by atoms with Crippen LogP contribution >= 0.6 is 0 Å². The van der Waals surface area contributed by atoms with Crippen molar-refractivity contribution in [2.24, 2.45) is 0 Å². The van der Waals surface area contributed by atoms with Gasteiger partial charge in [-0.15, -0.1) is 0 Å². The molecule has 0 aromatic carbocycles. The van der Waals surface area contributed by atoms with Crippen molar-refractivity contribution in [3.05, 3.63) is 23.1 Å². The third kappa shape index (κ3) is 5.27. The molecule has 0 unspecified atom stereocenters. The minimum atomic E-state index is -1.20. The molecule has 0 heterocycles. The molecule has 0 aromatic rings. The van der Waals surface area contributed by atoms with Crippen LogP contribution in [-0.4, -0.2) is 15.2 Å². The Hall–Kier alpha value is -0.503. The highest BCUT2D eigenvalue weighted by molar-refractivity contribution is 6.83. The van der Waals surface area contributed by atoms with E-state index in [9.17, 15) is 0 Å². The fraction of sp³-hybridized carbons (Fsp3) is 0.667. The summed E-state index contributed by atoms with van der Waals surface area (Å²) in [6.07, 6.45) is 6.96. The number of methoxy groups -OCH3 is 1. The van der Waals surface area contributed by atoms with Gasteiger partial charge in [0, 0.05) is 0 Å². The minimum Gasteiger partial charge on any atom is -0.501 e. The summed E-state index contributed by atoms with van der Waals surface area (Å²) in [5.41, 5.74) is 0. The van der Waals surface area contributed by atoms with Gasteiger partial charge in [0.2, 0.25) is 0 Å². The van der Waals surface area contributed by atoms with Crippen molar-refractivity contribution in [1.29, 1.82) is 0 Å². The Morgan fingerprint density at radius 1 is 1.29 bits per heavy atom. The number of allylic oxidation sites excluding steroid dienone is 4. The van der Waals surface area contributed by atoms with Crippen molar-refractivity contribution >= 4 is 8.07 Å². The van der Waals surface area contributed by atoms with E-state index in [1.54, 1.807) is 7.11 Å². The second-order valence-corrected chi connectivity index (χ2v) is 9.73. The fourth-order valence-corrected chi connectivity index (χ4v) is 2.55. The Bertz CT molecular complexity index is 221. The van der Waals surface area contributed by atoms with E-state index in [4.69, 9.17) is 4.74 Å². The van der Waals surface area contributed by atoms with E-state index in [2.05, 4.69) is 38.7 Å². The average molecular weight is 212 g/mol. The van der Waals surface area contributed by atoms with Crippen molar-refractivity contribution in [2.45, 2.75) is 46.3 Å². The fourth-order valence-electron chi connectivity index (χ4n) is 1.16. The maximum absolute atomic E-state index is 5.20. The van der Waals surface area contributed by atoms with Crippen LogP contribution in [0.25, 0.3) is 0 Å². The SMILES string of the molecule is CCC/C=C(/C=C(\C)OC)[Si](C)(C)C. The highest BCUT2D eigenvalue weighted by atomic mass is 28.3. The van der Waals surface area contributed by atoms with Crippen LogP contribution in [0.5, 0.6) is 0 Å². The second-order valence-electron chi connectivity index (χ2n) is 4.66. The van der Waals surface area contributed by atoms with Gasteiger partial charge < -0.3 is 4.74 Å². The monoisotopic (exact) mass is 212 g/mol. The molecule has 0 spiro atoms. The van der Waals surface area contributed by atoms with Gasteiger partial charge in [-0.2, -0.15) is 0 Å². The number of hydrogen-bond donors (Lipinski definition) is 0. The number of rotatable bonds is 5. The van der Waals surface area contributed by atoms with Gasteiger partial charge in [-0.1, -0.05) is 44.3 Å². The summed E-state index contributed by atoms with van der Waals surface area (Å²) < 4.78 is 5.20. The molecule has 0 fully saturated rings. The van der Waals surface area contributed by atoms with Crippen molar-refractivity contribution < 1.29 is 4.74 Å². The number of ether oxygens (including phenoxy) is 1. The van der Waals surface area contributed by atoms with E-state index >= 15 is 0 Å². The zero-order valence-electron chi connectivity index (χ0n) is 10.5. The summed E-state index contributed by atoms with van der Waals surface area (Å²) in [4.78, 5) is 0. The Balaban J connectivity index is 4.75. The van der Waals surface area contributed by atoms with Gasteiger partial charge in [-0.05, 0) is 19.4 Å². The predicted molar refractivity (Wildman–Crippen MR) is 67.1 cm³/mol. The van der Waals surface area contributed by atoms with E-state index in [1.165, 1.54) is 18.0 Å². The lowest BCUT2D eigenvalue weighted by molar-refractivity contribution is 0.293. The molecular formula is C12H24OSi. The summed E-state index contributed by atoms with van der Waals surface area (Å²) in [5, 5.41) is 1.50. The van der Waals surface area contributed by atoms with Gasteiger partial charge in [0.1, 0.15) is 0 Å². The van der Waals surface area contributed by atoms with Crippen LogP contribution in [-0.2, 0) is 4.74 Å². The quantitative estimate of drug-likeness (QED) is 0.378.